The maximum Gasteiger partial charge on any atom is 0.321 e. The molecule has 7 nitrogen and oxygen atoms in total. The smallest absolute Gasteiger partial charge is 0.321 e. The predicted octanol–water partition coefficient (Wildman–Crippen LogP) is 0.409. The van der Waals surface area contributed by atoms with E-state index in [1.54, 1.807) is 0 Å². The quantitative estimate of drug-likeness (QED) is 0.656. The molecular weight excluding hydrogens is 262 g/mol. The summed E-state index contributed by atoms with van der Waals surface area (Å²) in [5.41, 5.74) is 0. The molecule has 0 aromatic carbocycles. The van der Waals surface area contributed by atoms with E-state index in [9.17, 15) is 14.4 Å². The second-order valence-electron chi connectivity index (χ2n) is 5.12. The third-order valence-corrected chi connectivity index (χ3v) is 3.33. The van der Waals surface area contributed by atoms with Gasteiger partial charge in [-0.2, -0.15) is 0 Å². The molecule has 114 valence electrons. The Morgan fingerprint density at radius 1 is 1.25 bits per heavy atom. The van der Waals surface area contributed by atoms with Crippen LogP contribution in [0.4, 0.5) is 4.79 Å². The summed E-state index contributed by atoms with van der Waals surface area (Å²) in [6.07, 6.45) is 2.57. The van der Waals surface area contributed by atoms with Crippen LogP contribution in [0.5, 0.6) is 0 Å². The highest BCUT2D eigenvalue weighted by Crippen LogP contribution is 2.19. The minimum absolute atomic E-state index is 0.180. The average molecular weight is 285 g/mol. The number of amides is 3. The van der Waals surface area contributed by atoms with Crippen LogP contribution in [-0.4, -0.2) is 54.1 Å². The molecule has 1 heterocycles. The largest absolute Gasteiger partial charge is 0.481 e. The van der Waals surface area contributed by atoms with Crippen LogP contribution in [0, 0.1) is 5.92 Å². The topological polar surface area (TPSA) is 98.7 Å². The molecule has 0 aromatic heterocycles. The van der Waals surface area contributed by atoms with Crippen LogP contribution in [-0.2, 0) is 9.59 Å². The molecular formula is C13H23N3O4. The van der Waals surface area contributed by atoms with Gasteiger partial charge < -0.3 is 10.4 Å². The summed E-state index contributed by atoms with van der Waals surface area (Å²) in [6.45, 7) is 4.05. The normalized spacial score (nSPS) is 16.6. The van der Waals surface area contributed by atoms with Gasteiger partial charge in [-0.3, -0.25) is 19.8 Å². The molecule has 1 rings (SSSR count). The van der Waals surface area contributed by atoms with Gasteiger partial charge >= 0.3 is 12.0 Å². The number of carboxylic acids is 1. The molecule has 0 radical (unpaired) electrons. The van der Waals surface area contributed by atoms with Gasteiger partial charge in [0.2, 0.25) is 5.91 Å². The number of piperidine rings is 1. The lowest BCUT2D eigenvalue weighted by Gasteiger charge is -2.30. The number of rotatable bonds is 6. The van der Waals surface area contributed by atoms with Crippen LogP contribution in [0.2, 0.25) is 0 Å². The molecule has 1 aliphatic heterocycles. The van der Waals surface area contributed by atoms with Gasteiger partial charge in [0.05, 0.1) is 6.54 Å². The van der Waals surface area contributed by atoms with Crippen molar-refractivity contribution in [3.63, 3.8) is 0 Å². The number of nitrogens with one attached hydrogen (secondary N) is 2. The Bertz CT molecular complexity index is 352. The molecule has 0 unspecified atom stereocenters. The average Bonchev–Trinajstić information content (AvgIpc) is 2.38. The first-order valence-electron chi connectivity index (χ1n) is 7.03. The van der Waals surface area contributed by atoms with Crippen LogP contribution in [0.1, 0.15) is 32.6 Å². The molecule has 20 heavy (non-hydrogen) atoms. The van der Waals surface area contributed by atoms with Crippen LogP contribution in [0.15, 0.2) is 0 Å². The first kappa shape index (κ1) is 16.4. The van der Waals surface area contributed by atoms with Crippen molar-refractivity contribution in [3.05, 3.63) is 0 Å². The molecule has 1 aliphatic rings. The minimum Gasteiger partial charge on any atom is -0.481 e. The second-order valence-corrected chi connectivity index (χ2v) is 5.12. The molecule has 0 aliphatic carbocycles. The van der Waals surface area contributed by atoms with Gasteiger partial charge in [-0.25, -0.2) is 4.79 Å². The molecule has 1 fully saturated rings. The summed E-state index contributed by atoms with van der Waals surface area (Å²) in [4.78, 5) is 35.5. The van der Waals surface area contributed by atoms with Gasteiger partial charge in [-0.15, -0.1) is 0 Å². The molecule has 7 heteroatoms. The lowest BCUT2D eigenvalue weighted by atomic mass is 9.94. The number of imide groups is 1. The molecule has 0 bridgehead atoms. The van der Waals surface area contributed by atoms with Gasteiger partial charge in [-0.05, 0) is 38.3 Å². The van der Waals surface area contributed by atoms with E-state index in [1.807, 2.05) is 11.8 Å². The number of nitrogens with zero attached hydrogens (tertiary/aromatic N) is 1. The van der Waals surface area contributed by atoms with Crippen molar-refractivity contribution in [2.75, 3.05) is 26.2 Å². The number of carboxylic acid groups (broad SMARTS) is 1. The van der Waals surface area contributed by atoms with Crippen molar-refractivity contribution < 1.29 is 19.5 Å². The number of urea groups is 1. The Kier molecular flexibility index (Phi) is 7.00. The zero-order valence-electron chi connectivity index (χ0n) is 11.9. The van der Waals surface area contributed by atoms with Crippen molar-refractivity contribution in [2.24, 2.45) is 5.92 Å². The molecule has 0 atom stereocenters. The van der Waals surface area contributed by atoms with E-state index < -0.39 is 12.0 Å². The Morgan fingerprint density at radius 3 is 2.45 bits per heavy atom. The Hall–Kier alpha value is -1.63. The summed E-state index contributed by atoms with van der Waals surface area (Å²) >= 11 is 0. The van der Waals surface area contributed by atoms with Gasteiger partial charge in [0.25, 0.3) is 0 Å². The van der Waals surface area contributed by atoms with Crippen LogP contribution >= 0.6 is 0 Å². The highest BCUT2D eigenvalue weighted by Gasteiger charge is 2.22. The lowest BCUT2D eigenvalue weighted by molar-refractivity contribution is -0.138. The minimum atomic E-state index is -0.770. The highest BCUT2D eigenvalue weighted by molar-refractivity contribution is 5.95. The van der Waals surface area contributed by atoms with E-state index in [0.717, 1.165) is 19.3 Å². The molecule has 0 aromatic rings. The summed E-state index contributed by atoms with van der Waals surface area (Å²) < 4.78 is 0. The van der Waals surface area contributed by atoms with Gasteiger partial charge in [0, 0.05) is 13.0 Å². The monoisotopic (exact) mass is 285 g/mol. The van der Waals surface area contributed by atoms with E-state index >= 15 is 0 Å². The summed E-state index contributed by atoms with van der Waals surface area (Å²) in [5, 5.41) is 13.6. The van der Waals surface area contributed by atoms with E-state index in [4.69, 9.17) is 5.11 Å². The fourth-order valence-electron chi connectivity index (χ4n) is 2.25. The van der Waals surface area contributed by atoms with Crippen molar-refractivity contribution >= 4 is 17.9 Å². The Balaban J connectivity index is 2.21. The van der Waals surface area contributed by atoms with Crippen LogP contribution < -0.4 is 10.6 Å². The SMILES string of the molecule is CCCNC(=O)NC(=O)CN1CCC(CC(=O)O)CC1. The summed E-state index contributed by atoms with van der Waals surface area (Å²) in [5.74, 6) is -0.899. The van der Waals surface area contributed by atoms with Crippen molar-refractivity contribution in [3.8, 4) is 0 Å². The van der Waals surface area contributed by atoms with Crippen LogP contribution in [0.3, 0.4) is 0 Å². The maximum absolute atomic E-state index is 11.6. The highest BCUT2D eigenvalue weighted by atomic mass is 16.4. The number of hydrogen-bond acceptors (Lipinski definition) is 4. The summed E-state index contributed by atoms with van der Waals surface area (Å²) in [7, 11) is 0. The fourth-order valence-corrected chi connectivity index (χ4v) is 2.25. The second kappa shape index (κ2) is 8.52. The number of aliphatic carboxylic acids is 1. The predicted molar refractivity (Wildman–Crippen MR) is 73.2 cm³/mol. The number of hydrogen-bond donors (Lipinski definition) is 3. The molecule has 3 N–H and O–H groups in total. The molecule has 1 saturated heterocycles. The zero-order chi connectivity index (χ0) is 15.0. The van der Waals surface area contributed by atoms with Gasteiger partial charge in [0.15, 0.2) is 0 Å². The summed E-state index contributed by atoms with van der Waals surface area (Å²) in [6, 6.07) is -0.461. The van der Waals surface area contributed by atoms with Crippen LogP contribution in [0.25, 0.3) is 0 Å². The fraction of sp³-hybridized carbons (Fsp3) is 0.769. The number of carbonyl (C=O) groups is 3. The first-order chi connectivity index (χ1) is 9.51. The Labute approximate surface area is 118 Å². The van der Waals surface area contributed by atoms with E-state index in [-0.39, 0.29) is 24.8 Å². The van der Waals surface area contributed by atoms with E-state index in [2.05, 4.69) is 10.6 Å². The third kappa shape index (κ3) is 6.51. The third-order valence-electron chi connectivity index (χ3n) is 3.33. The standard InChI is InChI=1S/C13H23N3O4/c1-2-5-14-13(20)15-11(17)9-16-6-3-10(4-7-16)8-12(18)19/h10H,2-9H2,1H3,(H,18,19)(H2,14,15,17,20). The number of carbonyl (C=O) groups excluding carboxylic acids is 2. The lowest BCUT2D eigenvalue weighted by Crippen LogP contribution is -2.46. The van der Waals surface area contributed by atoms with Crippen molar-refractivity contribution in [1.82, 2.24) is 15.5 Å². The first-order valence-corrected chi connectivity index (χ1v) is 7.03. The van der Waals surface area contributed by atoms with E-state index in [1.165, 1.54) is 0 Å². The van der Waals surface area contributed by atoms with E-state index in [0.29, 0.717) is 19.6 Å². The van der Waals surface area contributed by atoms with Crippen molar-refractivity contribution in [1.29, 1.82) is 0 Å². The van der Waals surface area contributed by atoms with Gasteiger partial charge in [-0.1, -0.05) is 6.92 Å². The van der Waals surface area contributed by atoms with Gasteiger partial charge in [0.1, 0.15) is 0 Å². The molecule has 3 amide bonds. The molecule has 0 saturated carbocycles. The number of likely N-dealkylation sites (tertiary alicyclic amines) is 1. The zero-order valence-corrected chi connectivity index (χ0v) is 11.9. The molecule has 0 spiro atoms. The Morgan fingerprint density at radius 2 is 1.90 bits per heavy atom. The maximum atomic E-state index is 11.6. The van der Waals surface area contributed by atoms with Crippen molar-refractivity contribution in [2.45, 2.75) is 32.6 Å².